The Morgan fingerprint density at radius 3 is 1.83 bits per heavy atom. The standard InChI is InChI=1S/C43H50O5/c1-6-7-8-9-33-10-12-34(13-11-33)14-16-36-20-23-41-27-40(25-24-39(41)26-36)38-21-18-35(19-22-38)15-17-37(28-47-42(45)30(2)3)29-48-43(46)31(4)32(5)44/h10-13,18-27,32,37,44H,2,4,6-9,14-17,28-29H2,1,3,5H3. The number of fused-ring (bicyclic) bond motifs is 1. The van der Waals surface area contributed by atoms with Crippen molar-refractivity contribution in [3.05, 3.63) is 131 Å². The Balaban J connectivity index is 1.33. The highest BCUT2D eigenvalue weighted by Crippen LogP contribution is 2.27. The number of aliphatic hydroxyl groups excluding tert-OH is 1. The minimum atomic E-state index is -0.991. The van der Waals surface area contributed by atoms with Crippen LogP contribution in [-0.4, -0.2) is 36.4 Å². The number of rotatable bonds is 18. The molecular formula is C43H50O5. The summed E-state index contributed by atoms with van der Waals surface area (Å²) in [7, 11) is 0. The van der Waals surface area contributed by atoms with Crippen molar-refractivity contribution in [3.8, 4) is 11.1 Å². The van der Waals surface area contributed by atoms with Crippen LogP contribution in [0.5, 0.6) is 0 Å². The molecule has 1 N–H and O–H groups in total. The molecule has 2 atom stereocenters. The number of benzene rings is 4. The van der Waals surface area contributed by atoms with E-state index in [0.717, 1.165) is 29.5 Å². The zero-order valence-electron chi connectivity index (χ0n) is 28.8. The van der Waals surface area contributed by atoms with Crippen molar-refractivity contribution in [2.24, 2.45) is 5.92 Å². The van der Waals surface area contributed by atoms with Gasteiger partial charge in [-0.2, -0.15) is 0 Å². The van der Waals surface area contributed by atoms with Crippen LogP contribution in [0.15, 0.2) is 109 Å². The summed E-state index contributed by atoms with van der Waals surface area (Å²) >= 11 is 0. The van der Waals surface area contributed by atoms with E-state index in [9.17, 15) is 14.7 Å². The fraction of sp³-hybridized carbons (Fsp3) is 0.349. The van der Waals surface area contributed by atoms with Gasteiger partial charge in [0.25, 0.3) is 0 Å². The average Bonchev–Trinajstić information content (AvgIpc) is 3.10. The second-order valence-electron chi connectivity index (χ2n) is 12.9. The Kier molecular flexibility index (Phi) is 13.8. The molecule has 0 saturated carbocycles. The van der Waals surface area contributed by atoms with E-state index in [2.05, 4.69) is 105 Å². The quantitative estimate of drug-likeness (QED) is 0.0663. The first-order valence-electron chi connectivity index (χ1n) is 17.2. The van der Waals surface area contributed by atoms with E-state index in [0.29, 0.717) is 18.4 Å². The number of unbranched alkanes of at least 4 members (excludes halogenated alkanes) is 2. The largest absolute Gasteiger partial charge is 0.462 e. The zero-order chi connectivity index (χ0) is 34.5. The van der Waals surface area contributed by atoms with Crippen LogP contribution in [0.3, 0.4) is 0 Å². The molecule has 5 nitrogen and oxygen atoms in total. The summed E-state index contributed by atoms with van der Waals surface area (Å²) in [5, 5.41) is 12.1. The number of ether oxygens (including phenoxy) is 2. The SMILES string of the molecule is C=C(C)C(=O)OCC(CCc1ccc(-c2ccc3cc(CCc4ccc(CCCCC)cc4)ccc3c2)cc1)COC(=O)C(=C)C(C)O. The Labute approximate surface area is 286 Å². The number of esters is 2. The van der Waals surface area contributed by atoms with E-state index < -0.39 is 18.0 Å². The molecule has 0 bridgehead atoms. The summed E-state index contributed by atoms with van der Waals surface area (Å²) in [6, 6.07) is 31.0. The zero-order valence-corrected chi connectivity index (χ0v) is 28.8. The molecule has 0 spiro atoms. The van der Waals surface area contributed by atoms with Crippen molar-refractivity contribution < 1.29 is 24.2 Å². The number of aryl methyl sites for hydroxylation is 4. The van der Waals surface area contributed by atoms with E-state index in [-0.39, 0.29) is 24.7 Å². The van der Waals surface area contributed by atoms with E-state index in [1.54, 1.807) is 6.92 Å². The molecule has 0 aliphatic rings. The van der Waals surface area contributed by atoms with Gasteiger partial charge >= 0.3 is 11.9 Å². The molecule has 0 radical (unpaired) electrons. The fourth-order valence-electron chi connectivity index (χ4n) is 5.59. The van der Waals surface area contributed by atoms with E-state index >= 15 is 0 Å². The van der Waals surface area contributed by atoms with Gasteiger partial charge in [-0.15, -0.1) is 0 Å². The minimum absolute atomic E-state index is 0.00760. The number of hydrogen-bond donors (Lipinski definition) is 1. The lowest BCUT2D eigenvalue weighted by Gasteiger charge is -2.18. The maximum atomic E-state index is 12.2. The average molecular weight is 647 g/mol. The summed E-state index contributed by atoms with van der Waals surface area (Å²) in [5.41, 5.74) is 7.91. The van der Waals surface area contributed by atoms with Crippen LogP contribution in [0, 0.1) is 5.92 Å². The molecule has 4 rings (SSSR count). The Hall–Kier alpha value is -4.48. The van der Waals surface area contributed by atoms with Crippen LogP contribution < -0.4 is 0 Å². The van der Waals surface area contributed by atoms with Crippen LogP contribution in [0.4, 0.5) is 0 Å². The number of hydrogen-bond acceptors (Lipinski definition) is 5. The van der Waals surface area contributed by atoms with Gasteiger partial charge in [-0.05, 0) is 103 Å². The first kappa shape index (κ1) is 36.4. The summed E-state index contributed by atoms with van der Waals surface area (Å²) in [6.45, 7) is 12.7. The Morgan fingerprint density at radius 2 is 1.19 bits per heavy atom. The molecule has 4 aromatic carbocycles. The molecule has 48 heavy (non-hydrogen) atoms. The highest BCUT2D eigenvalue weighted by molar-refractivity contribution is 5.89. The molecule has 0 heterocycles. The lowest BCUT2D eigenvalue weighted by Crippen LogP contribution is -2.24. The van der Waals surface area contributed by atoms with Gasteiger partial charge in [0.1, 0.15) is 0 Å². The fourth-order valence-corrected chi connectivity index (χ4v) is 5.59. The third-order valence-electron chi connectivity index (χ3n) is 8.84. The minimum Gasteiger partial charge on any atom is -0.462 e. The van der Waals surface area contributed by atoms with Gasteiger partial charge < -0.3 is 14.6 Å². The number of aliphatic hydroxyl groups is 1. The van der Waals surface area contributed by atoms with Crippen molar-refractivity contribution in [2.45, 2.75) is 78.2 Å². The molecule has 0 saturated heterocycles. The van der Waals surface area contributed by atoms with Crippen LogP contribution in [-0.2, 0) is 44.7 Å². The Bertz CT molecular complexity index is 1680. The van der Waals surface area contributed by atoms with Crippen molar-refractivity contribution >= 4 is 22.7 Å². The van der Waals surface area contributed by atoms with Gasteiger partial charge in [0.2, 0.25) is 0 Å². The van der Waals surface area contributed by atoms with Crippen molar-refractivity contribution in [3.63, 3.8) is 0 Å². The van der Waals surface area contributed by atoms with Gasteiger partial charge in [-0.25, -0.2) is 9.59 Å². The second kappa shape index (κ2) is 18.2. The maximum Gasteiger partial charge on any atom is 0.336 e. The van der Waals surface area contributed by atoms with Crippen LogP contribution >= 0.6 is 0 Å². The van der Waals surface area contributed by atoms with Gasteiger partial charge in [0.15, 0.2) is 0 Å². The first-order valence-corrected chi connectivity index (χ1v) is 17.2. The summed E-state index contributed by atoms with van der Waals surface area (Å²) in [4.78, 5) is 24.2. The second-order valence-corrected chi connectivity index (χ2v) is 12.9. The molecule has 4 aromatic rings. The molecular weight excluding hydrogens is 596 g/mol. The lowest BCUT2D eigenvalue weighted by atomic mass is 9.96. The van der Waals surface area contributed by atoms with E-state index in [1.807, 2.05) is 0 Å². The van der Waals surface area contributed by atoms with Crippen molar-refractivity contribution in [2.75, 3.05) is 13.2 Å². The third kappa shape index (κ3) is 11.1. The molecule has 0 aliphatic carbocycles. The molecule has 252 valence electrons. The van der Waals surface area contributed by atoms with Gasteiger partial charge in [-0.1, -0.05) is 112 Å². The lowest BCUT2D eigenvalue weighted by molar-refractivity contribution is -0.144. The topological polar surface area (TPSA) is 72.8 Å². The summed E-state index contributed by atoms with van der Waals surface area (Å²) in [5.74, 6) is -1.35. The normalized spacial score (nSPS) is 12.3. The Morgan fingerprint density at radius 1 is 0.667 bits per heavy atom. The first-order chi connectivity index (χ1) is 23.1. The number of carbonyl (C=O) groups is 2. The van der Waals surface area contributed by atoms with E-state index in [4.69, 9.17) is 9.47 Å². The molecule has 2 unspecified atom stereocenters. The molecule has 0 aliphatic heterocycles. The third-order valence-corrected chi connectivity index (χ3v) is 8.84. The van der Waals surface area contributed by atoms with Crippen LogP contribution in [0.2, 0.25) is 0 Å². The highest BCUT2D eigenvalue weighted by atomic mass is 16.5. The van der Waals surface area contributed by atoms with Crippen molar-refractivity contribution in [1.29, 1.82) is 0 Å². The smallest absolute Gasteiger partial charge is 0.336 e. The number of carbonyl (C=O) groups excluding carboxylic acids is 2. The molecule has 0 amide bonds. The predicted octanol–water partition coefficient (Wildman–Crippen LogP) is 9.17. The van der Waals surface area contributed by atoms with Gasteiger partial charge in [0, 0.05) is 11.5 Å². The van der Waals surface area contributed by atoms with Crippen LogP contribution in [0.25, 0.3) is 21.9 Å². The molecule has 0 aromatic heterocycles. The van der Waals surface area contributed by atoms with E-state index in [1.165, 1.54) is 60.1 Å². The maximum absolute atomic E-state index is 12.2. The molecule has 0 fully saturated rings. The predicted molar refractivity (Wildman–Crippen MR) is 196 cm³/mol. The summed E-state index contributed by atoms with van der Waals surface area (Å²) < 4.78 is 10.7. The monoisotopic (exact) mass is 646 g/mol. The van der Waals surface area contributed by atoms with Gasteiger partial charge in [-0.3, -0.25) is 0 Å². The highest BCUT2D eigenvalue weighted by Gasteiger charge is 2.19. The molecule has 5 heteroatoms. The summed E-state index contributed by atoms with van der Waals surface area (Å²) in [6.07, 6.45) is 7.41. The van der Waals surface area contributed by atoms with Crippen LogP contribution in [0.1, 0.15) is 68.7 Å². The van der Waals surface area contributed by atoms with Crippen molar-refractivity contribution in [1.82, 2.24) is 0 Å². The van der Waals surface area contributed by atoms with Gasteiger partial charge in [0.05, 0.1) is 24.9 Å².